The number of hydrogen-bond donors (Lipinski definition) is 1. The second kappa shape index (κ2) is 9.32. The van der Waals surface area contributed by atoms with Gasteiger partial charge in [0.25, 0.3) is 0 Å². The molecule has 0 radical (unpaired) electrons. The Kier molecular flexibility index (Phi) is 6.83. The monoisotopic (exact) mass is 397 g/mol. The summed E-state index contributed by atoms with van der Waals surface area (Å²) in [5, 5.41) is 3.68. The van der Waals surface area contributed by atoms with Crippen molar-refractivity contribution in [2.75, 3.05) is 5.75 Å². The zero-order valence-corrected chi connectivity index (χ0v) is 17.5. The minimum absolute atomic E-state index is 0.0377. The maximum atomic E-state index is 12.4. The number of carbonyl (C=O) groups excluding carboxylic acids is 2. The first-order chi connectivity index (χ1) is 13.4. The van der Waals surface area contributed by atoms with Gasteiger partial charge in [-0.05, 0) is 52.0 Å². The van der Waals surface area contributed by atoms with E-state index in [-0.39, 0.29) is 23.5 Å². The van der Waals surface area contributed by atoms with E-state index in [0.717, 1.165) is 31.5 Å². The summed E-state index contributed by atoms with van der Waals surface area (Å²) in [5.74, 6) is 1.37. The van der Waals surface area contributed by atoms with Gasteiger partial charge in [-0.3, -0.25) is 9.59 Å². The first-order valence-corrected chi connectivity index (χ1v) is 10.8. The van der Waals surface area contributed by atoms with Gasteiger partial charge in [-0.15, -0.1) is 0 Å². The molecule has 1 atom stereocenters. The number of benzene rings is 1. The van der Waals surface area contributed by atoms with E-state index in [1.807, 2.05) is 32.0 Å². The van der Waals surface area contributed by atoms with Crippen LogP contribution in [0.5, 0.6) is 0 Å². The molecular formula is C22H27N3O2S. The number of rotatable bonds is 9. The second-order valence-corrected chi connectivity index (χ2v) is 8.42. The molecule has 1 saturated carbocycles. The molecule has 3 rings (SSSR count). The number of carbonyl (C=O) groups is 2. The number of nitrogens with one attached hydrogen (secondary N) is 1. The van der Waals surface area contributed by atoms with Crippen LogP contribution >= 0.6 is 11.8 Å². The van der Waals surface area contributed by atoms with Crippen LogP contribution in [0.1, 0.15) is 66.5 Å². The molecule has 0 bridgehead atoms. The lowest BCUT2D eigenvalue weighted by molar-refractivity contribution is -0.119. The SMILES string of the molecule is CC(=O)c1c(C)nc(C2CC2)nc1SCC(=O)N[C@@H](C)CCc1ccccc1. The van der Waals surface area contributed by atoms with E-state index in [4.69, 9.17) is 0 Å². The standard InChI is InChI=1S/C22H27N3O2S/c1-14(9-10-17-7-5-4-6-8-17)23-19(27)13-28-22-20(16(3)26)15(2)24-21(25-22)18-11-12-18/h4-8,14,18H,9-13H2,1-3H3,(H,23,27)/t14-/m0/s1. The Morgan fingerprint density at radius 3 is 2.57 bits per heavy atom. The van der Waals surface area contributed by atoms with Crippen LogP contribution in [0.15, 0.2) is 35.4 Å². The molecule has 1 amide bonds. The van der Waals surface area contributed by atoms with Gasteiger partial charge in [0.2, 0.25) is 5.91 Å². The van der Waals surface area contributed by atoms with E-state index in [9.17, 15) is 9.59 Å². The van der Waals surface area contributed by atoms with Crippen molar-refractivity contribution < 1.29 is 9.59 Å². The lowest BCUT2D eigenvalue weighted by Crippen LogP contribution is -2.34. The summed E-state index contributed by atoms with van der Waals surface area (Å²) >= 11 is 1.33. The van der Waals surface area contributed by atoms with Crippen molar-refractivity contribution in [2.45, 2.75) is 63.4 Å². The molecule has 1 aliphatic rings. The van der Waals surface area contributed by atoms with Gasteiger partial charge in [-0.25, -0.2) is 9.97 Å². The Balaban J connectivity index is 1.55. The quantitative estimate of drug-likeness (QED) is 0.392. The van der Waals surface area contributed by atoms with Crippen molar-refractivity contribution in [3.05, 3.63) is 53.0 Å². The zero-order valence-electron chi connectivity index (χ0n) is 16.7. The molecule has 0 unspecified atom stereocenters. The molecule has 1 aromatic heterocycles. The number of amides is 1. The minimum Gasteiger partial charge on any atom is -0.353 e. The van der Waals surface area contributed by atoms with Gasteiger partial charge < -0.3 is 5.32 Å². The normalized spacial score (nSPS) is 14.5. The van der Waals surface area contributed by atoms with Gasteiger partial charge in [0, 0.05) is 12.0 Å². The number of aryl methyl sites for hydroxylation is 2. The van der Waals surface area contributed by atoms with E-state index in [0.29, 0.717) is 22.2 Å². The van der Waals surface area contributed by atoms with Crippen molar-refractivity contribution in [1.82, 2.24) is 15.3 Å². The van der Waals surface area contributed by atoms with Crippen LogP contribution < -0.4 is 5.32 Å². The number of ketones is 1. The van der Waals surface area contributed by atoms with Crippen LogP contribution in [-0.2, 0) is 11.2 Å². The molecule has 6 heteroatoms. The number of hydrogen-bond acceptors (Lipinski definition) is 5. The summed E-state index contributed by atoms with van der Waals surface area (Å²) in [6, 6.07) is 10.4. The summed E-state index contributed by atoms with van der Waals surface area (Å²) in [4.78, 5) is 33.5. The molecule has 28 heavy (non-hydrogen) atoms. The van der Waals surface area contributed by atoms with Crippen molar-refractivity contribution in [1.29, 1.82) is 0 Å². The van der Waals surface area contributed by atoms with Gasteiger partial charge in [0.1, 0.15) is 10.9 Å². The summed E-state index contributed by atoms with van der Waals surface area (Å²) in [5.41, 5.74) is 2.52. The summed E-state index contributed by atoms with van der Waals surface area (Å²) < 4.78 is 0. The first-order valence-electron chi connectivity index (χ1n) is 9.79. The molecule has 1 fully saturated rings. The predicted molar refractivity (Wildman–Crippen MR) is 112 cm³/mol. The van der Waals surface area contributed by atoms with Crippen LogP contribution in [0.25, 0.3) is 0 Å². The third kappa shape index (κ3) is 5.64. The largest absolute Gasteiger partial charge is 0.353 e. The maximum Gasteiger partial charge on any atom is 0.230 e. The highest BCUT2D eigenvalue weighted by molar-refractivity contribution is 8.00. The Morgan fingerprint density at radius 2 is 1.93 bits per heavy atom. The number of Topliss-reactive ketones (excluding diaryl/α,β-unsaturated/α-hetero) is 1. The number of nitrogens with zero attached hydrogens (tertiary/aromatic N) is 2. The van der Waals surface area contributed by atoms with Gasteiger partial charge in [0.05, 0.1) is 17.0 Å². The minimum atomic E-state index is -0.0565. The molecule has 0 spiro atoms. The third-order valence-corrected chi connectivity index (χ3v) is 5.80. The Hall–Kier alpha value is -2.21. The highest BCUT2D eigenvalue weighted by Gasteiger charge is 2.29. The average molecular weight is 398 g/mol. The fraction of sp³-hybridized carbons (Fsp3) is 0.455. The van der Waals surface area contributed by atoms with Crippen LogP contribution in [0, 0.1) is 6.92 Å². The molecule has 1 heterocycles. The van der Waals surface area contributed by atoms with Crippen molar-refractivity contribution >= 4 is 23.5 Å². The fourth-order valence-corrected chi connectivity index (χ4v) is 4.10. The van der Waals surface area contributed by atoms with Gasteiger partial charge in [0.15, 0.2) is 5.78 Å². The van der Waals surface area contributed by atoms with Crippen molar-refractivity contribution in [3.63, 3.8) is 0 Å². The summed E-state index contributed by atoms with van der Waals surface area (Å²) in [6.07, 6.45) is 4.02. The van der Waals surface area contributed by atoms with Crippen LogP contribution in [0.3, 0.4) is 0 Å². The molecule has 1 aliphatic carbocycles. The van der Waals surface area contributed by atoms with E-state index in [1.165, 1.54) is 24.2 Å². The Bertz CT molecular complexity index is 850. The van der Waals surface area contributed by atoms with E-state index in [1.54, 1.807) is 0 Å². The second-order valence-electron chi connectivity index (χ2n) is 7.46. The molecule has 1 N–H and O–H groups in total. The highest BCUT2D eigenvalue weighted by Crippen LogP contribution is 2.39. The topological polar surface area (TPSA) is 72.0 Å². The lowest BCUT2D eigenvalue weighted by Gasteiger charge is -2.15. The van der Waals surface area contributed by atoms with Gasteiger partial charge in [-0.2, -0.15) is 0 Å². The van der Waals surface area contributed by atoms with Crippen LogP contribution in [0.4, 0.5) is 0 Å². The molecule has 5 nitrogen and oxygen atoms in total. The highest BCUT2D eigenvalue weighted by atomic mass is 32.2. The van der Waals surface area contributed by atoms with Crippen molar-refractivity contribution in [2.24, 2.45) is 0 Å². The van der Waals surface area contributed by atoms with E-state index >= 15 is 0 Å². The van der Waals surface area contributed by atoms with Gasteiger partial charge >= 0.3 is 0 Å². The van der Waals surface area contributed by atoms with E-state index in [2.05, 4.69) is 27.4 Å². The molecule has 2 aromatic rings. The van der Waals surface area contributed by atoms with Gasteiger partial charge in [-0.1, -0.05) is 42.1 Å². The fourth-order valence-electron chi connectivity index (χ4n) is 3.15. The van der Waals surface area contributed by atoms with Crippen LogP contribution in [-0.4, -0.2) is 33.5 Å². The smallest absolute Gasteiger partial charge is 0.230 e. The molecule has 1 aromatic carbocycles. The van der Waals surface area contributed by atoms with E-state index < -0.39 is 0 Å². The summed E-state index contributed by atoms with van der Waals surface area (Å²) in [6.45, 7) is 5.39. The molecule has 0 saturated heterocycles. The van der Waals surface area contributed by atoms with Crippen molar-refractivity contribution in [3.8, 4) is 0 Å². The Labute approximate surface area is 170 Å². The lowest BCUT2D eigenvalue weighted by atomic mass is 10.1. The first kappa shape index (κ1) is 20.5. The maximum absolute atomic E-state index is 12.4. The zero-order chi connectivity index (χ0) is 20.1. The predicted octanol–water partition coefficient (Wildman–Crippen LogP) is 4.09. The third-order valence-electron chi connectivity index (χ3n) is 4.82. The average Bonchev–Trinajstić information content (AvgIpc) is 3.50. The number of thioether (sulfide) groups is 1. The molecule has 148 valence electrons. The number of aromatic nitrogens is 2. The molecular weight excluding hydrogens is 370 g/mol. The Morgan fingerprint density at radius 1 is 1.21 bits per heavy atom. The molecule has 0 aliphatic heterocycles. The van der Waals surface area contributed by atoms with Crippen LogP contribution in [0.2, 0.25) is 0 Å². The summed E-state index contributed by atoms with van der Waals surface area (Å²) in [7, 11) is 0.